The van der Waals surface area contributed by atoms with Crippen LogP contribution in [0.5, 0.6) is 0 Å². The lowest BCUT2D eigenvalue weighted by molar-refractivity contribution is -0.167. The van der Waals surface area contributed by atoms with Gasteiger partial charge in [-0.2, -0.15) is 0 Å². The molecule has 0 rings (SSSR count). The van der Waals surface area contributed by atoms with Crippen LogP contribution >= 0.6 is 0 Å². The number of carbonyl (C=O) groups is 3. The van der Waals surface area contributed by atoms with E-state index in [-0.39, 0.29) is 31.1 Å². The molecule has 1 atom stereocenters. The zero-order valence-corrected chi connectivity index (χ0v) is 43.8. The zero-order chi connectivity index (χ0) is 49.3. The summed E-state index contributed by atoms with van der Waals surface area (Å²) in [6.45, 7) is 6.30. The average Bonchev–Trinajstić information content (AvgIpc) is 3.34. The van der Waals surface area contributed by atoms with E-state index >= 15 is 0 Å². The summed E-state index contributed by atoms with van der Waals surface area (Å²) in [5, 5.41) is 0. The Balaban J connectivity index is 4.41. The Hall–Kier alpha value is -4.19. The SMILES string of the molecule is CC/C=C\C/C=C\C/C=C\C/C=C\C/C=C\CCCCCCCC(=O)OCC(COC(=O)CCCCCCC/C=C\CCC)OC(=O)CCCCCCCC/C=C\C/C=C\C/C=C\C/C=C\CC. The van der Waals surface area contributed by atoms with Crippen LogP contribution in [0.3, 0.4) is 0 Å². The van der Waals surface area contributed by atoms with Gasteiger partial charge in [0.15, 0.2) is 6.10 Å². The van der Waals surface area contributed by atoms with Gasteiger partial charge in [0, 0.05) is 19.3 Å². The lowest BCUT2D eigenvalue weighted by Gasteiger charge is -2.18. The summed E-state index contributed by atoms with van der Waals surface area (Å²) >= 11 is 0. The van der Waals surface area contributed by atoms with Crippen LogP contribution in [-0.2, 0) is 28.6 Å². The van der Waals surface area contributed by atoms with Gasteiger partial charge in [0.1, 0.15) is 13.2 Å². The second kappa shape index (κ2) is 55.4. The topological polar surface area (TPSA) is 78.9 Å². The van der Waals surface area contributed by atoms with Crippen LogP contribution in [0.2, 0.25) is 0 Å². The third-order valence-electron chi connectivity index (χ3n) is 11.2. The van der Waals surface area contributed by atoms with Crippen molar-refractivity contribution >= 4 is 17.9 Å². The summed E-state index contributed by atoms with van der Waals surface area (Å²) in [6, 6.07) is 0. The maximum atomic E-state index is 12.8. The number of carbonyl (C=O) groups excluding carboxylic acids is 3. The molecule has 6 nitrogen and oxygen atoms in total. The molecule has 1 unspecified atom stereocenters. The van der Waals surface area contributed by atoms with Crippen LogP contribution in [0.1, 0.15) is 233 Å². The predicted octanol–water partition coefficient (Wildman–Crippen LogP) is 18.5. The largest absolute Gasteiger partial charge is 0.462 e. The molecule has 0 saturated heterocycles. The summed E-state index contributed by atoms with van der Waals surface area (Å²) in [5.74, 6) is -0.947. The maximum Gasteiger partial charge on any atom is 0.306 e. The molecule has 0 amide bonds. The molecular formula is C62H100O6. The van der Waals surface area contributed by atoms with Crippen LogP contribution in [0.4, 0.5) is 0 Å². The highest BCUT2D eigenvalue weighted by Crippen LogP contribution is 2.13. The van der Waals surface area contributed by atoms with Gasteiger partial charge < -0.3 is 14.2 Å². The summed E-state index contributed by atoms with van der Waals surface area (Å²) < 4.78 is 16.8. The van der Waals surface area contributed by atoms with Crippen molar-refractivity contribution < 1.29 is 28.6 Å². The highest BCUT2D eigenvalue weighted by molar-refractivity contribution is 5.71. The minimum Gasteiger partial charge on any atom is -0.462 e. The van der Waals surface area contributed by atoms with Gasteiger partial charge in [-0.05, 0) is 122 Å². The molecule has 0 bridgehead atoms. The van der Waals surface area contributed by atoms with E-state index in [2.05, 4.69) is 142 Å². The lowest BCUT2D eigenvalue weighted by atomic mass is 10.1. The fraction of sp³-hybridized carbons (Fsp3) is 0.629. The molecule has 0 N–H and O–H groups in total. The predicted molar refractivity (Wildman–Crippen MR) is 293 cm³/mol. The van der Waals surface area contributed by atoms with Crippen molar-refractivity contribution in [3.63, 3.8) is 0 Å². The summed E-state index contributed by atoms with van der Waals surface area (Å²) in [5.41, 5.74) is 0. The molecule has 0 aromatic carbocycles. The zero-order valence-electron chi connectivity index (χ0n) is 43.8. The molecule has 68 heavy (non-hydrogen) atoms. The fourth-order valence-corrected chi connectivity index (χ4v) is 7.11. The van der Waals surface area contributed by atoms with Crippen LogP contribution in [0.25, 0.3) is 0 Å². The number of esters is 3. The first-order chi connectivity index (χ1) is 33.5. The van der Waals surface area contributed by atoms with Crippen molar-refractivity contribution in [3.05, 3.63) is 122 Å². The highest BCUT2D eigenvalue weighted by Gasteiger charge is 2.19. The number of rotatable bonds is 48. The van der Waals surface area contributed by atoms with E-state index in [0.29, 0.717) is 19.3 Å². The van der Waals surface area contributed by atoms with E-state index in [0.717, 1.165) is 167 Å². The molecule has 0 saturated carbocycles. The molecule has 0 aliphatic heterocycles. The Kier molecular flexibility index (Phi) is 52.0. The summed E-state index contributed by atoms with van der Waals surface area (Å²) in [7, 11) is 0. The van der Waals surface area contributed by atoms with Crippen LogP contribution in [0, 0.1) is 0 Å². The number of ether oxygens (including phenoxy) is 3. The van der Waals surface area contributed by atoms with E-state index in [4.69, 9.17) is 14.2 Å². The second-order valence-electron chi connectivity index (χ2n) is 17.7. The Labute approximate surface area is 418 Å². The van der Waals surface area contributed by atoms with Crippen molar-refractivity contribution in [2.75, 3.05) is 13.2 Å². The van der Waals surface area contributed by atoms with Gasteiger partial charge in [0.05, 0.1) is 0 Å². The number of hydrogen-bond donors (Lipinski definition) is 0. The first-order valence-electron chi connectivity index (χ1n) is 27.5. The normalized spacial score (nSPS) is 13.0. The van der Waals surface area contributed by atoms with Crippen LogP contribution in [0.15, 0.2) is 122 Å². The molecule has 384 valence electrons. The van der Waals surface area contributed by atoms with E-state index in [1.807, 2.05) is 0 Å². The minimum absolute atomic E-state index is 0.0981. The van der Waals surface area contributed by atoms with Crippen molar-refractivity contribution in [1.29, 1.82) is 0 Å². The van der Waals surface area contributed by atoms with Crippen molar-refractivity contribution in [2.24, 2.45) is 0 Å². The summed E-state index contributed by atoms with van der Waals surface area (Å²) in [6.07, 6.45) is 76.1. The Morgan fingerprint density at radius 3 is 0.912 bits per heavy atom. The highest BCUT2D eigenvalue weighted by atomic mass is 16.6. The van der Waals surface area contributed by atoms with Crippen molar-refractivity contribution in [3.8, 4) is 0 Å². The smallest absolute Gasteiger partial charge is 0.306 e. The molecule has 0 aliphatic rings. The number of hydrogen-bond acceptors (Lipinski definition) is 6. The molecular weight excluding hydrogens is 841 g/mol. The van der Waals surface area contributed by atoms with Crippen molar-refractivity contribution in [1.82, 2.24) is 0 Å². The fourth-order valence-electron chi connectivity index (χ4n) is 7.11. The standard InChI is InChI=1S/C62H100O6/c1-4-7-10-13-16-19-22-24-26-28-30-31-33-34-36-38-40-43-46-49-52-55-61(64)67-58-59(57-66-60(63)54-51-48-45-42-21-18-15-12-9-6-3)68-62(65)56-53-50-47-44-41-39-37-35-32-29-27-25-23-20-17-14-11-8-5-2/h7-8,10-12,15-17,19-20,24-27,30-32,34-36,59H,4-6,9,13-14,18,21-23,28-29,33,37-58H2,1-3H3/b10-7-,11-8-,15-12-,19-16-,20-17-,26-24-,27-25-,31-30-,35-32-,36-34-. The molecule has 0 aliphatic carbocycles. The Morgan fingerprint density at radius 1 is 0.309 bits per heavy atom. The molecule has 0 aromatic heterocycles. The lowest BCUT2D eigenvalue weighted by Crippen LogP contribution is -2.30. The maximum absolute atomic E-state index is 12.8. The molecule has 0 spiro atoms. The quantitative estimate of drug-likeness (QED) is 0.0262. The Morgan fingerprint density at radius 2 is 0.574 bits per heavy atom. The van der Waals surface area contributed by atoms with Gasteiger partial charge in [0.25, 0.3) is 0 Å². The van der Waals surface area contributed by atoms with Crippen molar-refractivity contribution in [2.45, 2.75) is 239 Å². The minimum atomic E-state index is -0.800. The molecule has 0 fully saturated rings. The third kappa shape index (κ3) is 52.8. The molecule has 0 heterocycles. The van der Waals surface area contributed by atoms with Gasteiger partial charge in [-0.1, -0.05) is 213 Å². The third-order valence-corrected chi connectivity index (χ3v) is 11.2. The van der Waals surface area contributed by atoms with E-state index in [9.17, 15) is 14.4 Å². The molecule has 0 radical (unpaired) electrons. The first-order valence-corrected chi connectivity index (χ1v) is 27.5. The monoisotopic (exact) mass is 941 g/mol. The Bertz CT molecular complexity index is 1450. The molecule has 0 aromatic rings. The summed E-state index contributed by atoms with van der Waals surface area (Å²) in [4.78, 5) is 38.0. The number of unbranched alkanes of at least 4 members (excludes halogenated alkanes) is 17. The molecule has 6 heteroatoms. The van der Waals surface area contributed by atoms with Gasteiger partial charge in [-0.3, -0.25) is 14.4 Å². The van der Waals surface area contributed by atoms with Crippen LogP contribution < -0.4 is 0 Å². The van der Waals surface area contributed by atoms with Gasteiger partial charge in [-0.15, -0.1) is 0 Å². The number of allylic oxidation sites excluding steroid dienone is 20. The second-order valence-corrected chi connectivity index (χ2v) is 17.7. The van der Waals surface area contributed by atoms with Gasteiger partial charge in [0.2, 0.25) is 0 Å². The first kappa shape index (κ1) is 63.8. The average molecular weight is 941 g/mol. The van der Waals surface area contributed by atoms with E-state index in [1.165, 1.54) is 25.7 Å². The van der Waals surface area contributed by atoms with Crippen LogP contribution in [-0.4, -0.2) is 37.2 Å². The van der Waals surface area contributed by atoms with E-state index in [1.54, 1.807) is 0 Å². The van der Waals surface area contributed by atoms with E-state index < -0.39 is 6.10 Å². The van der Waals surface area contributed by atoms with Gasteiger partial charge >= 0.3 is 17.9 Å². The van der Waals surface area contributed by atoms with Gasteiger partial charge in [-0.25, -0.2) is 0 Å².